The lowest BCUT2D eigenvalue weighted by Crippen LogP contribution is -2.36. The first kappa shape index (κ1) is 26.7. The number of sulfonamides is 1. The molecule has 182 valence electrons. The maximum absolute atomic E-state index is 12.7. The van der Waals surface area contributed by atoms with E-state index in [1.165, 1.54) is 28.8 Å². The fourth-order valence-electron chi connectivity index (χ4n) is 4.77. The zero-order valence-electron chi connectivity index (χ0n) is 18.3. The Kier molecular flexibility index (Phi) is 8.71. The Labute approximate surface area is 215 Å². The Morgan fingerprint density at radius 3 is 2.48 bits per heavy atom. The summed E-state index contributed by atoms with van der Waals surface area (Å²) in [7, 11) is -0.428. The highest BCUT2D eigenvalue weighted by Gasteiger charge is 2.36. The normalized spacial score (nSPS) is 17.4. The number of halogens is 4. The van der Waals surface area contributed by atoms with Crippen molar-refractivity contribution in [2.24, 2.45) is 0 Å². The van der Waals surface area contributed by atoms with E-state index in [1.807, 2.05) is 0 Å². The molecule has 0 fully saturated rings. The number of rotatable bonds is 8. The molecule has 1 aliphatic carbocycles. The van der Waals surface area contributed by atoms with Gasteiger partial charge in [-0.2, -0.15) is 0 Å². The molecule has 2 aromatic rings. The first-order valence-electron chi connectivity index (χ1n) is 10.4. The van der Waals surface area contributed by atoms with Crippen molar-refractivity contribution < 1.29 is 17.9 Å². The summed E-state index contributed by atoms with van der Waals surface area (Å²) < 4.78 is 39.1. The van der Waals surface area contributed by atoms with Gasteiger partial charge in [0.15, 0.2) is 11.5 Å². The molecule has 0 radical (unpaired) electrons. The largest absolute Gasteiger partial charge is 0.493 e. The van der Waals surface area contributed by atoms with Crippen molar-refractivity contribution in [1.29, 1.82) is 0 Å². The van der Waals surface area contributed by atoms with Crippen molar-refractivity contribution in [1.82, 2.24) is 9.62 Å². The predicted molar refractivity (Wildman–Crippen MR) is 134 cm³/mol. The van der Waals surface area contributed by atoms with E-state index in [1.54, 1.807) is 14.2 Å². The van der Waals surface area contributed by atoms with Gasteiger partial charge in [-0.25, -0.2) is 13.1 Å². The van der Waals surface area contributed by atoms with E-state index in [0.717, 1.165) is 43.9 Å². The molecule has 0 saturated carbocycles. The number of ether oxygens (including phenoxy) is 2. The van der Waals surface area contributed by atoms with E-state index in [2.05, 4.69) is 15.7 Å². The van der Waals surface area contributed by atoms with E-state index < -0.39 is 10.0 Å². The highest BCUT2D eigenvalue weighted by molar-refractivity contribution is 7.89. The van der Waals surface area contributed by atoms with Gasteiger partial charge in [0.25, 0.3) is 0 Å². The molecule has 0 amide bonds. The third-order valence-corrected chi connectivity index (χ3v) is 8.83. The van der Waals surface area contributed by atoms with Crippen molar-refractivity contribution >= 4 is 57.2 Å². The van der Waals surface area contributed by atoms with Crippen LogP contribution in [0.15, 0.2) is 23.1 Å². The van der Waals surface area contributed by atoms with Crippen LogP contribution >= 0.6 is 47.2 Å². The summed E-state index contributed by atoms with van der Waals surface area (Å²) >= 11 is 17.9. The summed E-state index contributed by atoms with van der Waals surface area (Å²) in [6.07, 6.45) is 3.58. The molecule has 1 atom stereocenters. The Morgan fingerprint density at radius 1 is 1.06 bits per heavy atom. The summed E-state index contributed by atoms with van der Waals surface area (Å²) in [4.78, 5) is 2.37. The van der Waals surface area contributed by atoms with Crippen molar-refractivity contribution in [2.75, 3.05) is 33.9 Å². The molecule has 11 heteroatoms. The second-order valence-corrected chi connectivity index (χ2v) is 10.9. The SMILES string of the molecule is COc1cc2c3c(c1OC)CCC3N(CCCNS(=O)(=O)c1cc(Cl)c(Cl)cc1Cl)CC2.Cl. The molecule has 2 aliphatic rings. The van der Waals surface area contributed by atoms with Crippen molar-refractivity contribution in [3.05, 3.63) is 50.0 Å². The van der Waals surface area contributed by atoms with E-state index in [9.17, 15) is 8.42 Å². The first-order chi connectivity index (χ1) is 15.3. The van der Waals surface area contributed by atoms with Crippen molar-refractivity contribution in [3.63, 3.8) is 0 Å². The van der Waals surface area contributed by atoms with Crippen LogP contribution in [0.5, 0.6) is 11.5 Å². The Morgan fingerprint density at radius 2 is 1.79 bits per heavy atom. The van der Waals surface area contributed by atoms with Crippen LogP contribution in [-0.2, 0) is 22.9 Å². The molecular formula is C22H26Cl4N2O4S. The topological polar surface area (TPSA) is 67.9 Å². The molecule has 0 bridgehead atoms. The van der Waals surface area contributed by atoms with Crippen LogP contribution in [0, 0.1) is 0 Å². The maximum atomic E-state index is 12.7. The molecule has 4 rings (SSSR count). The average Bonchev–Trinajstić information content (AvgIpc) is 3.21. The highest BCUT2D eigenvalue weighted by atomic mass is 35.5. The number of nitrogens with zero attached hydrogens (tertiary/aromatic N) is 1. The monoisotopic (exact) mass is 554 g/mol. The van der Waals surface area contributed by atoms with Crippen LogP contribution in [0.25, 0.3) is 0 Å². The summed E-state index contributed by atoms with van der Waals surface area (Å²) in [6, 6.07) is 5.04. The lowest BCUT2D eigenvalue weighted by Gasteiger charge is -2.35. The van der Waals surface area contributed by atoms with Gasteiger partial charge in [-0.15, -0.1) is 12.4 Å². The van der Waals surface area contributed by atoms with Crippen molar-refractivity contribution in [2.45, 2.75) is 36.6 Å². The zero-order chi connectivity index (χ0) is 23.0. The highest BCUT2D eigenvalue weighted by Crippen LogP contribution is 2.48. The van der Waals surface area contributed by atoms with Crippen LogP contribution in [-0.4, -0.2) is 47.2 Å². The lowest BCUT2D eigenvalue weighted by atomic mass is 9.92. The standard InChI is InChI=1S/C22H25Cl3N2O4S.ClH/c1-30-19-10-13-6-9-27(18-5-4-14(21(13)18)22(19)31-2)8-3-7-26-32(28,29)20-12-16(24)15(23)11-17(20)25;/h10-12,18,26H,3-9H2,1-2H3;1H. The minimum Gasteiger partial charge on any atom is -0.493 e. The summed E-state index contributed by atoms with van der Waals surface area (Å²) in [6.45, 7) is 2.02. The van der Waals surface area contributed by atoms with Gasteiger partial charge in [0.1, 0.15) is 4.90 Å². The third-order valence-electron chi connectivity index (χ3n) is 6.19. The molecule has 0 aromatic heterocycles. The molecule has 6 nitrogen and oxygen atoms in total. The minimum absolute atomic E-state index is 0. The fourth-order valence-corrected chi connectivity index (χ4v) is 6.84. The molecule has 1 heterocycles. The van der Waals surface area contributed by atoms with Crippen molar-refractivity contribution in [3.8, 4) is 11.5 Å². The number of hydrogen-bond acceptors (Lipinski definition) is 5. The van der Waals surface area contributed by atoms with Gasteiger partial charge in [0.2, 0.25) is 10.0 Å². The van der Waals surface area contributed by atoms with E-state index in [4.69, 9.17) is 44.3 Å². The van der Waals surface area contributed by atoms with Gasteiger partial charge in [0, 0.05) is 31.2 Å². The maximum Gasteiger partial charge on any atom is 0.242 e. The lowest BCUT2D eigenvalue weighted by molar-refractivity contribution is 0.184. The van der Waals surface area contributed by atoms with Crippen LogP contribution in [0.4, 0.5) is 0 Å². The molecule has 2 aromatic carbocycles. The zero-order valence-corrected chi connectivity index (χ0v) is 22.2. The number of benzene rings is 2. The Hall–Kier alpha value is -0.930. The van der Waals surface area contributed by atoms with Gasteiger partial charge in [-0.1, -0.05) is 34.8 Å². The Bertz CT molecular complexity index is 1140. The van der Waals surface area contributed by atoms with Crippen LogP contribution in [0.3, 0.4) is 0 Å². The van der Waals surface area contributed by atoms with Crippen LogP contribution in [0.1, 0.15) is 35.6 Å². The number of hydrogen-bond donors (Lipinski definition) is 1. The fraction of sp³-hybridized carbons (Fsp3) is 0.455. The first-order valence-corrected chi connectivity index (χ1v) is 13.0. The van der Waals surface area contributed by atoms with E-state index in [0.29, 0.717) is 19.0 Å². The molecule has 1 aliphatic heterocycles. The smallest absolute Gasteiger partial charge is 0.242 e. The number of nitrogens with one attached hydrogen (secondary N) is 1. The van der Waals surface area contributed by atoms with E-state index >= 15 is 0 Å². The molecule has 33 heavy (non-hydrogen) atoms. The summed E-state index contributed by atoms with van der Waals surface area (Å²) in [5.41, 5.74) is 3.93. The molecule has 1 N–H and O–H groups in total. The second kappa shape index (κ2) is 10.8. The molecule has 0 saturated heterocycles. The Balaban J connectivity index is 0.00000306. The summed E-state index contributed by atoms with van der Waals surface area (Å²) in [5.74, 6) is 1.63. The quantitative estimate of drug-likeness (QED) is 0.353. The van der Waals surface area contributed by atoms with Crippen LogP contribution < -0.4 is 14.2 Å². The number of methoxy groups -OCH3 is 2. The molecule has 0 spiro atoms. The third kappa shape index (κ3) is 5.20. The van der Waals surface area contributed by atoms with E-state index in [-0.39, 0.29) is 32.4 Å². The van der Waals surface area contributed by atoms with Gasteiger partial charge in [-0.05, 0) is 55.0 Å². The van der Waals surface area contributed by atoms with Gasteiger partial charge in [-0.3, -0.25) is 4.90 Å². The molecule has 1 unspecified atom stereocenters. The second-order valence-electron chi connectivity index (χ2n) is 7.95. The van der Waals surface area contributed by atoms with Gasteiger partial charge in [0.05, 0.1) is 29.3 Å². The summed E-state index contributed by atoms with van der Waals surface area (Å²) in [5, 5.41) is 0.404. The minimum atomic E-state index is -3.78. The van der Waals surface area contributed by atoms with Gasteiger partial charge >= 0.3 is 0 Å². The average molecular weight is 556 g/mol. The molecular weight excluding hydrogens is 530 g/mol. The van der Waals surface area contributed by atoms with Crippen LogP contribution in [0.2, 0.25) is 15.1 Å². The predicted octanol–water partition coefficient (Wildman–Crippen LogP) is 5.30. The van der Waals surface area contributed by atoms with Gasteiger partial charge < -0.3 is 9.47 Å².